The summed E-state index contributed by atoms with van der Waals surface area (Å²) in [4.78, 5) is 58.7. The van der Waals surface area contributed by atoms with Gasteiger partial charge in [0.05, 0.1) is 23.6 Å². The molecule has 316 valence electrons. The number of ether oxygens (including phenoxy) is 3. The van der Waals surface area contributed by atoms with Crippen molar-refractivity contribution in [3.63, 3.8) is 0 Å². The number of halogens is 2. The van der Waals surface area contributed by atoms with Crippen molar-refractivity contribution in [1.82, 2.24) is 25.7 Å². The summed E-state index contributed by atoms with van der Waals surface area (Å²) in [5.74, 6) is -1.97. The summed E-state index contributed by atoms with van der Waals surface area (Å²) >= 11 is 0. The first-order valence-corrected chi connectivity index (χ1v) is 20.4. The van der Waals surface area contributed by atoms with Crippen molar-refractivity contribution in [3.05, 3.63) is 84.4 Å². The summed E-state index contributed by atoms with van der Waals surface area (Å²) < 4.78 is 71.5. The predicted octanol–water partition coefficient (Wildman–Crippen LogP) is 6.55. The lowest BCUT2D eigenvalue weighted by atomic mass is 9.86. The Morgan fingerprint density at radius 1 is 0.814 bits per heavy atom. The molecule has 0 aliphatic heterocycles. The lowest BCUT2D eigenvalue weighted by molar-refractivity contribution is -0.133. The van der Waals surface area contributed by atoms with Gasteiger partial charge in [-0.3, -0.25) is 19.1 Å². The van der Waals surface area contributed by atoms with Crippen molar-refractivity contribution in [2.75, 3.05) is 7.11 Å². The summed E-state index contributed by atoms with van der Waals surface area (Å²) in [6.45, 7) is 9.93. The molecule has 17 heteroatoms. The van der Waals surface area contributed by atoms with E-state index in [1.165, 1.54) is 24.3 Å². The molecular formula is C42H49F2N5O9S. The van der Waals surface area contributed by atoms with E-state index in [4.69, 9.17) is 19.2 Å². The number of carbonyl (C=O) groups excluding carboxylic acids is 4. The smallest absolute Gasteiger partial charge is 0.408 e. The zero-order chi connectivity index (χ0) is 43.3. The van der Waals surface area contributed by atoms with Crippen LogP contribution in [0.25, 0.3) is 22.2 Å². The second-order valence-electron chi connectivity index (χ2n) is 16.2. The molecule has 1 heterocycles. The van der Waals surface area contributed by atoms with E-state index < -0.39 is 81.1 Å². The lowest BCUT2D eigenvalue weighted by Crippen LogP contribution is -2.57. The first-order chi connectivity index (χ1) is 27.6. The van der Waals surface area contributed by atoms with Gasteiger partial charge in [0.25, 0.3) is 5.91 Å². The molecule has 1 aliphatic carbocycles. The Morgan fingerprint density at radius 2 is 1.46 bits per heavy atom. The predicted molar refractivity (Wildman–Crippen MR) is 216 cm³/mol. The van der Waals surface area contributed by atoms with Gasteiger partial charge in [-0.25, -0.2) is 27.0 Å². The molecule has 0 saturated heterocycles. The number of nitrogens with one attached hydrogen (secondary N) is 4. The van der Waals surface area contributed by atoms with Gasteiger partial charge < -0.3 is 30.2 Å². The van der Waals surface area contributed by atoms with Crippen LogP contribution in [0.4, 0.5) is 13.6 Å². The van der Waals surface area contributed by atoms with Crippen molar-refractivity contribution in [2.24, 2.45) is 5.41 Å². The number of aromatic nitrogens is 1. The van der Waals surface area contributed by atoms with Gasteiger partial charge in [-0.1, -0.05) is 63.2 Å². The van der Waals surface area contributed by atoms with E-state index in [2.05, 4.69) is 16.0 Å². The number of pyridine rings is 1. The minimum absolute atomic E-state index is 0.129. The highest BCUT2D eigenvalue weighted by Crippen LogP contribution is 2.35. The van der Waals surface area contributed by atoms with Gasteiger partial charge >= 0.3 is 6.09 Å². The highest BCUT2D eigenvalue weighted by atomic mass is 32.2. The Kier molecular flexibility index (Phi) is 13.5. The number of hydrogen-bond acceptors (Lipinski definition) is 10. The van der Waals surface area contributed by atoms with Crippen molar-refractivity contribution in [2.45, 2.75) is 96.2 Å². The molecule has 0 unspecified atom stereocenters. The number of methoxy groups -OCH3 is 1. The van der Waals surface area contributed by atoms with E-state index in [1.54, 1.807) is 77.6 Å². The maximum absolute atomic E-state index is 14.1. The average Bonchev–Trinajstić information content (AvgIpc) is 4.02. The van der Waals surface area contributed by atoms with Crippen LogP contribution in [0.2, 0.25) is 0 Å². The SMILES string of the molecule is COc1ccc2c(Oc3ccc([C@H](NC(=O)[C@@H](NC(=O)OC(C)(C)C)C(C)(C)C)C(=O)N[C@@H](CC(F)F)C(=O)NS(=O)(=O)C4CC4)cc3)cc(-c3ccccc3)nc2c1. The third-order valence-electron chi connectivity index (χ3n) is 9.08. The van der Waals surface area contributed by atoms with Gasteiger partial charge in [0.15, 0.2) is 0 Å². The minimum atomic E-state index is -4.15. The molecular weight excluding hydrogens is 789 g/mol. The first-order valence-electron chi connectivity index (χ1n) is 18.9. The highest BCUT2D eigenvalue weighted by molar-refractivity contribution is 7.90. The Labute approximate surface area is 341 Å². The van der Waals surface area contributed by atoms with Crippen LogP contribution in [0, 0.1) is 5.41 Å². The number of benzene rings is 3. The highest BCUT2D eigenvalue weighted by Gasteiger charge is 2.40. The molecule has 0 spiro atoms. The number of carbonyl (C=O) groups is 4. The molecule has 4 N–H and O–H groups in total. The first kappa shape index (κ1) is 44.3. The van der Waals surface area contributed by atoms with Crippen molar-refractivity contribution in [3.8, 4) is 28.5 Å². The third-order valence-corrected chi connectivity index (χ3v) is 10.9. The zero-order valence-corrected chi connectivity index (χ0v) is 34.6. The van der Waals surface area contributed by atoms with Crippen molar-refractivity contribution >= 4 is 44.7 Å². The third kappa shape index (κ3) is 12.1. The molecule has 1 saturated carbocycles. The fourth-order valence-corrected chi connectivity index (χ4v) is 7.31. The monoisotopic (exact) mass is 837 g/mol. The van der Waals surface area contributed by atoms with E-state index in [0.717, 1.165) is 5.56 Å². The maximum Gasteiger partial charge on any atom is 0.408 e. The molecule has 0 radical (unpaired) electrons. The molecule has 3 atom stereocenters. The molecule has 59 heavy (non-hydrogen) atoms. The van der Waals surface area contributed by atoms with Gasteiger partial charge in [0.1, 0.15) is 41.0 Å². The maximum atomic E-state index is 14.1. The normalized spacial score (nSPS) is 14.7. The van der Waals surface area contributed by atoms with Crippen LogP contribution in [-0.4, -0.2) is 73.7 Å². The number of sulfonamides is 1. The van der Waals surface area contributed by atoms with E-state index in [0.29, 0.717) is 46.7 Å². The van der Waals surface area contributed by atoms with Gasteiger partial charge in [-0.2, -0.15) is 0 Å². The summed E-state index contributed by atoms with van der Waals surface area (Å²) in [6.07, 6.45) is -4.63. The summed E-state index contributed by atoms with van der Waals surface area (Å²) in [6, 6.07) is 17.6. The number of hydrogen-bond donors (Lipinski definition) is 4. The number of nitrogens with zero attached hydrogens (tertiary/aromatic N) is 1. The number of alkyl carbamates (subject to hydrolysis) is 1. The summed E-state index contributed by atoms with van der Waals surface area (Å²) in [5, 5.41) is 7.18. The average molecular weight is 838 g/mol. The Morgan fingerprint density at radius 3 is 2.03 bits per heavy atom. The second-order valence-corrected chi connectivity index (χ2v) is 18.2. The fourth-order valence-electron chi connectivity index (χ4n) is 5.96. The molecule has 4 aromatic rings. The topological polar surface area (TPSA) is 191 Å². The second kappa shape index (κ2) is 18.0. The lowest BCUT2D eigenvalue weighted by Gasteiger charge is -2.33. The number of rotatable bonds is 15. The van der Waals surface area contributed by atoms with Gasteiger partial charge in [0, 0.05) is 29.5 Å². The van der Waals surface area contributed by atoms with E-state index in [9.17, 15) is 36.4 Å². The molecule has 1 aliphatic rings. The molecule has 1 fully saturated rings. The number of fused-ring (bicyclic) bond motifs is 1. The molecule has 1 aromatic heterocycles. The zero-order valence-electron chi connectivity index (χ0n) is 33.8. The van der Waals surface area contributed by atoms with Crippen LogP contribution in [-0.2, 0) is 29.1 Å². The molecule has 14 nitrogen and oxygen atoms in total. The van der Waals surface area contributed by atoms with Crippen LogP contribution in [0.1, 0.15) is 72.4 Å². The van der Waals surface area contributed by atoms with E-state index in [-0.39, 0.29) is 5.56 Å². The quantitative estimate of drug-likeness (QED) is 0.102. The number of amides is 4. The fraction of sp³-hybridized carbons (Fsp3) is 0.405. The standard InChI is InChI=1S/C42H49F2N5O9S/c1-41(2,3)36(48-40(53)58-42(4,5)6)39(52)47-35(38(51)46-32(23-34(43)44)37(50)49-59(54,55)28-18-19-28)25-13-15-26(16-14-25)57-33-22-30(24-11-9-8-10-12-24)45-31-21-27(56-7)17-20-29(31)33/h8-17,20-22,28,32,34-36H,18-19,23H2,1-7H3,(H,46,51)(H,47,52)(H,48,53)(H,49,50)/t32-,35-,36+/m0/s1. The summed E-state index contributed by atoms with van der Waals surface area (Å²) in [5.41, 5.74) is 0.340. The Bertz CT molecular complexity index is 2280. The number of alkyl halides is 2. The summed E-state index contributed by atoms with van der Waals surface area (Å²) in [7, 11) is -2.61. The van der Waals surface area contributed by atoms with Crippen LogP contribution >= 0.6 is 0 Å². The van der Waals surface area contributed by atoms with Crippen LogP contribution in [0.15, 0.2) is 78.9 Å². The van der Waals surface area contributed by atoms with E-state index >= 15 is 0 Å². The van der Waals surface area contributed by atoms with Gasteiger partial charge in [-0.15, -0.1) is 0 Å². The van der Waals surface area contributed by atoms with Crippen LogP contribution in [0.3, 0.4) is 0 Å². The van der Waals surface area contributed by atoms with Crippen molar-refractivity contribution in [1.29, 1.82) is 0 Å². The largest absolute Gasteiger partial charge is 0.497 e. The van der Waals surface area contributed by atoms with Crippen LogP contribution in [0.5, 0.6) is 17.2 Å². The van der Waals surface area contributed by atoms with Gasteiger partial charge in [0.2, 0.25) is 28.3 Å². The van der Waals surface area contributed by atoms with E-state index in [1.807, 2.05) is 30.3 Å². The molecule has 0 bridgehead atoms. The molecule has 4 amide bonds. The molecule has 5 rings (SSSR count). The molecule has 3 aromatic carbocycles. The minimum Gasteiger partial charge on any atom is -0.497 e. The van der Waals surface area contributed by atoms with Crippen molar-refractivity contribution < 1.29 is 50.6 Å². The Balaban J connectivity index is 1.49. The Hall–Kier alpha value is -5.84. The van der Waals surface area contributed by atoms with Gasteiger partial charge in [-0.05, 0) is 68.9 Å². The van der Waals surface area contributed by atoms with Crippen LogP contribution < -0.4 is 30.1 Å².